The van der Waals surface area contributed by atoms with Crippen LogP contribution in [0, 0.1) is 0 Å². The van der Waals surface area contributed by atoms with Gasteiger partial charge >= 0.3 is 0 Å². The van der Waals surface area contributed by atoms with Gasteiger partial charge in [0.2, 0.25) is 0 Å². The summed E-state index contributed by atoms with van der Waals surface area (Å²) in [5.41, 5.74) is 3.94. The number of aromatic hydroxyl groups is 1. The summed E-state index contributed by atoms with van der Waals surface area (Å²) in [7, 11) is 0. The maximum Gasteiger partial charge on any atom is 0.115 e. The van der Waals surface area contributed by atoms with E-state index in [9.17, 15) is 5.11 Å². The summed E-state index contributed by atoms with van der Waals surface area (Å²) >= 11 is 0. The first-order valence-corrected chi connectivity index (χ1v) is 6.78. The lowest BCUT2D eigenvalue weighted by atomic mass is 10.2. The molecule has 0 saturated heterocycles. The highest BCUT2D eigenvalue weighted by Gasteiger charge is 2.02. The van der Waals surface area contributed by atoms with E-state index in [-0.39, 0.29) is 5.75 Å². The van der Waals surface area contributed by atoms with E-state index >= 15 is 0 Å². The van der Waals surface area contributed by atoms with Gasteiger partial charge in [0.15, 0.2) is 0 Å². The summed E-state index contributed by atoms with van der Waals surface area (Å²) in [5.74, 6) is 0.260. The molecule has 0 aliphatic rings. The second-order valence-electron chi connectivity index (χ2n) is 4.71. The molecular weight excluding hydrogens is 260 g/mol. The molecular formula is C18H16N2O. The summed E-state index contributed by atoms with van der Waals surface area (Å²) in [6, 6.07) is 25.1. The molecule has 0 radical (unpaired) electrons. The van der Waals surface area contributed by atoms with Gasteiger partial charge in [-0.1, -0.05) is 30.3 Å². The predicted octanol–water partition coefficient (Wildman–Crippen LogP) is 4.88. The maximum atomic E-state index is 9.33. The van der Waals surface area contributed by atoms with Gasteiger partial charge in [0.05, 0.1) is 11.4 Å². The zero-order chi connectivity index (χ0) is 14.5. The zero-order valence-corrected chi connectivity index (χ0v) is 11.5. The second kappa shape index (κ2) is 6.01. The standard InChI is InChI=1S/C18H16N2O/c21-16-12-10-15(11-13-16)20-18-9-5-4-8-17(18)19-14-6-2-1-3-7-14/h1-13,19-21H. The average Bonchev–Trinajstić information content (AvgIpc) is 2.52. The minimum absolute atomic E-state index is 0.260. The molecule has 3 rings (SSSR count). The van der Waals surface area contributed by atoms with Gasteiger partial charge in [0, 0.05) is 11.4 Å². The average molecular weight is 276 g/mol. The Kier molecular flexibility index (Phi) is 3.74. The minimum Gasteiger partial charge on any atom is -0.508 e. The largest absolute Gasteiger partial charge is 0.508 e. The van der Waals surface area contributed by atoms with Crippen molar-refractivity contribution in [2.24, 2.45) is 0 Å². The minimum atomic E-state index is 0.260. The molecule has 0 fully saturated rings. The molecule has 3 aromatic rings. The third-order valence-electron chi connectivity index (χ3n) is 3.13. The van der Waals surface area contributed by atoms with Crippen molar-refractivity contribution < 1.29 is 5.11 Å². The smallest absolute Gasteiger partial charge is 0.115 e. The summed E-state index contributed by atoms with van der Waals surface area (Å²) < 4.78 is 0. The number of hydrogen-bond acceptors (Lipinski definition) is 3. The van der Waals surface area contributed by atoms with Crippen molar-refractivity contribution in [3.05, 3.63) is 78.9 Å². The molecule has 0 amide bonds. The van der Waals surface area contributed by atoms with E-state index in [1.807, 2.05) is 66.7 Å². The van der Waals surface area contributed by atoms with Crippen molar-refractivity contribution in [3.63, 3.8) is 0 Å². The Labute approximate surface area is 123 Å². The van der Waals surface area contributed by atoms with Gasteiger partial charge in [0.1, 0.15) is 5.75 Å². The summed E-state index contributed by atoms with van der Waals surface area (Å²) in [6.07, 6.45) is 0. The fourth-order valence-electron chi connectivity index (χ4n) is 2.08. The van der Waals surface area contributed by atoms with Crippen LogP contribution in [0.2, 0.25) is 0 Å². The normalized spacial score (nSPS) is 10.1. The molecule has 0 aromatic heterocycles. The summed E-state index contributed by atoms with van der Waals surface area (Å²) in [6.45, 7) is 0. The monoisotopic (exact) mass is 276 g/mol. The molecule has 21 heavy (non-hydrogen) atoms. The van der Waals surface area contributed by atoms with Gasteiger partial charge < -0.3 is 15.7 Å². The first kappa shape index (κ1) is 13.1. The van der Waals surface area contributed by atoms with Gasteiger partial charge in [-0.05, 0) is 48.5 Å². The predicted molar refractivity (Wildman–Crippen MR) is 87.6 cm³/mol. The van der Waals surface area contributed by atoms with E-state index in [1.165, 1.54) is 0 Å². The zero-order valence-electron chi connectivity index (χ0n) is 11.5. The van der Waals surface area contributed by atoms with Crippen molar-refractivity contribution in [1.82, 2.24) is 0 Å². The number of phenols is 1. The number of anilines is 4. The van der Waals surface area contributed by atoms with Crippen LogP contribution in [0.15, 0.2) is 78.9 Å². The molecule has 0 bridgehead atoms. The van der Waals surface area contributed by atoms with Crippen LogP contribution in [-0.4, -0.2) is 5.11 Å². The van der Waals surface area contributed by atoms with Gasteiger partial charge in [-0.15, -0.1) is 0 Å². The molecule has 3 heteroatoms. The maximum absolute atomic E-state index is 9.33. The molecule has 0 aliphatic carbocycles. The molecule has 0 saturated carbocycles. The fourth-order valence-corrected chi connectivity index (χ4v) is 2.08. The van der Waals surface area contributed by atoms with Crippen molar-refractivity contribution in [2.75, 3.05) is 10.6 Å². The third-order valence-corrected chi connectivity index (χ3v) is 3.13. The SMILES string of the molecule is Oc1ccc(Nc2ccccc2Nc2ccccc2)cc1. The molecule has 0 heterocycles. The van der Waals surface area contributed by atoms with Crippen LogP contribution in [-0.2, 0) is 0 Å². The molecule has 3 N–H and O–H groups in total. The number of hydrogen-bond donors (Lipinski definition) is 3. The van der Waals surface area contributed by atoms with E-state index in [0.717, 1.165) is 22.7 Å². The van der Waals surface area contributed by atoms with Gasteiger partial charge in [-0.3, -0.25) is 0 Å². The van der Waals surface area contributed by atoms with Gasteiger partial charge in [0.25, 0.3) is 0 Å². The number of benzene rings is 3. The van der Waals surface area contributed by atoms with E-state index < -0.39 is 0 Å². The van der Waals surface area contributed by atoms with Crippen LogP contribution < -0.4 is 10.6 Å². The number of para-hydroxylation sites is 3. The van der Waals surface area contributed by atoms with Crippen LogP contribution in [0.25, 0.3) is 0 Å². The van der Waals surface area contributed by atoms with Crippen LogP contribution in [0.3, 0.4) is 0 Å². The molecule has 0 atom stereocenters. The van der Waals surface area contributed by atoms with Crippen molar-refractivity contribution in [1.29, 1.82) is 0 Å². The highest BCUT2D eigenvalue weighted by molar-refractivity contribution is 5.78. The van der Waals surface area contributed by atoms with Crippen LogP contribution in [0.5, 0.6) is 5.75 Å². The summed E-state index contributed by atoms with van der Waals surface area (Å²) in [5, 5.41) is 16.1. The molecule has 3 aromatic carbocycles. The quantitative estimate of drug-likeness (QED) is 0.595. The Balaban J connectivity index is 1.84. The molecule has 0 spiro atoms. The van der Waals surface area contributed by atoms with E-state index in [2.05, 4.69) is 10.6 Å². The van der Waals surface area contributed by atoms with Crippen molar-refractivity contribution >= 4 is 22.7 Å². The Morgan fingerprint density at radius 3 is 1.57 bits per heavy atom. The fraction of sp³-hybridized carbons (Fsp3) is 0. The lowest BCUT2D eigenvalue weighted by Crippen LogP contribution is -1.97. The van der Waals surface area contributed by atoms with Crippen molar-refractivity contribution in [2.45, 2.75) is 0 Å². The Hall–Kier alpha value is -2.94. The Morgan fingerprint density at radius 1 is 0.524 bits per heavy atom. The molecule has 0 unspecified atom stereocenters. The lowest BCUT2D eigenvalue weighted by molar-refractivity contribution is 0.475. The number of nitrogens with one attached hydrogen (secondary N) is 2. The summed E-state index contributed by atoms with van der Waals surface area (Å²) in [4.78, 5) is 0. The molecule has 104 valence electrons. The Morgan fingerprint density at radius 2 is 1.00 bits per heavy atom. The van der Waals surface area contributed by atoms with E-state index in [1.54, 1.807) is 12.1 Å². The second-order valence-corrected chi connectivity index (χ2v) is 4.71. The lowest BCUT2D eigenvalue weighted by Gasteiger charge is -2.14. The highest BCUT2D eigenvalue weighted by atomic mass is 16.3. The van der Waals surface area contributed by atoms with E-state index in [4.69, 9.17) is 0 Å². The molecule has 3 nitrogen and oxygen atoms in total. The molecule has 0 aliphatic heterocycles. The van der Waals surface area contributed by atoms with Crippen LogP contribution in [0.1, 0.15) is 0 Å². The number of rotatable bonds is 4. The Bertz CT molecular complexity index is 709. The first-order valence-electron chi connectivity index (χ1n) is 6.78. The number of phenolic OH excluding ortho intramolecular Hbond substituents is 1. The third kappa shape index (κ3) is 3.34. The van der Waals surface area contributed by atoms with Gasteiger partial charge in [-0.25, -0.2) is 0 Å². The highest BCUT2D eigenvalue weighted by Crippen LogP contribution is 2.28. The topological polar surface area (TPSA) is 44.3 Å². The van der Waals surface area contributed by atoms with Gasteiger partial charge in [-0.2, -0.15) is 0 Å². The van der Waals surface area contributed by atoms with Crippen LogP contribution in [0.4, 0.5) is 22.7 Å². The first-order chi connectivity index (χ1) is 10.3. The van der Waals surface area contributed by atoms with E-state index in [0.29, 0.717) is 0 Å². The van der Waals surface area contributed by atoms with Crippen molar-refractivity contribution in [3.8, 4) is 5.75 Å². The van der Waals surface area contributed by atoms with Crippen LogP contribution >= 0.6 is 0 Å².